The predicted molar refractivity (Wildman–Crippen MR) is 174 cm³/mol. The van der Waals surface area contributed by atoms with Gasteiger partial charge in [0.1, 0.15) is 17.0 Å². The van der Waals surface area contributed by atoms with E-state index >= 15 is 0 Å². The van der Waals surface area contributed by atoms with E-state index in [0.29, 0.717) is 22.6 Å². The number of ether oxygens (including phenoxy) is 3. The molecular formula is C35H40N4O8. The maximum Gasteiger partial charge on any atom is 0.425 e. The average Bonchev–Trinajstić information content (AvgIpc) is 2.98. The van der Waals surface area contributed by atoms with Gasteiger partial charge in [-0.25, -0.2) is 29.1 Å². The van der Waals surface area contributed by atoms with Gasteiger partial charge in [0.2, 0.25) is 5.91 Å². The second kappa shape index (κ2) is 14.0. The van der Waals surface area contributed by atoms with E-state index in [-0.39, 0.29) is 12.2 Å². The average molecular weight is 645 g/mol. The fourth-order valence-corrected chi connectivity index (χ4v) is 4.99. The first-order valence-electron chi connectivity index (χ1n) is 15.1. The van der Waals surface area contributed by atoms with Crippen molar-refractivity contribution >= 4 is 41.6 Å². The number of amides is 5. The minimum absolute atomic E-state index is 0.0149. The summed E-state index contributed by atoms with van der Waals surface area (Å²) < 4.78 is 15.8. The molecule has 0 radical (unpaired) electrons. The van der Waals surface area contributed by atoms with E-state index in [1.165, 1.54) is 19.4 Å². The number of nitrogens with zero attached hydrogens (tertiary/aromatic N) is 3. The number of imide groups is 2. The minimum atomic E-state index is -1.21. The van der Waals surface area contributed by atoms with Crippen LogP contribution in [-0.2, 0) is 36.6 Å². The van der Waals surface area contributed by atoms with Gasteiger partial charge in [-0.15, -0.1) is 0 Å². The van der Waals surface area contributed by atoms with Crippen LogP contribution in [0.1, 0.15) is 58.2 Å². The van der Waals surface area contributed by atoms with Crippen LogP contribution in [0.5, 0.6) is 0 Å². The molecule has 0 saturated carbocycles. The lowest BCUT2D eigenvalue weighted by molar-refractivity contribution is -0.167. The molecule has 248 valence electrons. The Morgan fingerprint density at radius 3 is 2.04 bits per heavy atom. The van der Waals surface area contributed by atoms with Crippen LogP contribution in [-0.4, -0.2) is 64.3 Å². The van der Waals surface area contributed by atoms with Gasteiger partial charge < -0.3 is 19.5 Å². The van der Waals surface area contributed by atoms with Crippen molar-refractivity contribution in [2.45, 2.75) is 71.6 Å². The van der Waals surface area contributed by atoms with E-state index in [2.05, 4.69) is 10.3 Å². The molecule has 1 fully saturated rings. The number of nitrogens with one attached hydrogen (secondary N) is 1. The molecule has 2 heterocycles. The zero-order valence-corrected chi connectivity index (χ0v) is 27.6. The van der Waals surface area contributed by atoms with Crippen LogP contribution in [0.25, 0.3) is 0 Å². The van der Waals surface area contributed by atoms with Gasteiger partial charge >= 0.3 is 24.2 Å². The Kier molecular flexibility index (Phi) is 10.3. The van der Waals surface area contributed by atoms with E-state index in [1.807, 2.05) is 42.5 Å². The van der Waals surface area contributed by atoms with Gasteiger partial charge in [-0.05, 0) is 89.3 Å². The molecule has 0 bridgehead atoms. The Labute approximate surface area is 274 Å². The third-order valence-corrected chi connectivity index (χ3v) is 7.02. The standard InChI is InChI=1S/C35H40N4O8/c1-34(2,3)46-32(43)38(33(44)47-35(4,5)6)27-21-23(17-18-36-27)20-25-28(30(41)45-7)39(29(25)40)31(42)37-26-16-12-11-15-24(26)19-22-13-9-8-10-14-22/h8-18,21,25,28H,19-20H2,1-7H3,(H,37,42)/t25-,28+/m1/s1. The Hall–Kier alpha value is -5.26. The quantitative estimate of drug-likeness (QED) is 0.183. The molecule has 0 aliphatic carbocycles. The second-order valence-corrected chi connectivity index (χ2v) is 13.1. The fraction of sp³-hybridized carbons (Fsp3) is 0.371. The van der Waals surface area contributed by atoms with E-state index < -0.39 is 53.3 Å². The molecule has 12 heteroatoms. The van der Waals surface area contributed by atoms with E-state index in [9.17, 15) is 24.0 Å². The second-order valence-electron chi connectivity index (χ2n) is 13.1. The van der Waals surface area contributed by atoms with Crippen molar-refractivity contribution in [3.63, 3.8) is 0 Å². The van der Waals surface area contributed by atoms with Crippen LogP contribution in [0.4, 0.5) is 25.9 Å². The number of carbonyl (C=O) groups is 5. The maximum absolute atomic E-state index is 13.4. The van der Waals surface area contributed by atoms with Crippen molar-refractivity contribution in [2.24, 2.45) is 5.92 Å². The van der Waals surface area contributed by atoms with Gasteiger partial charge in [0.05, 0.1) is 13.0 Å². The van der Waals surface area contributed by atoms with E-state index in [1.54, 1.807) is 59.7 Å². The van der Waals surface area contributed by atoms with Gasteiger partial charge in [0, 0.05) is 11.9 Å². The van der Waals surface area contributed by atoms with Crippen molar-refractivity contribution in [1.82, 2.24) is 9.88 Å². The Bertz CT molecular complexity index is 1620. The summed E-state index contributed by atoms with van der Waals surface area (Å²) in [6.07, 6.45) is -0.115. The van der Waals surface area contributed by atoms with Crippen LogP contribution in [0.2, 0.25) is 0 Å². The van der Waals surface area contributed by atoms with Crippen LogP contribution in [0, 0.1) is 5.92 Å². The number of urea groups is 1. The van der Waals surface area contributed by atoms with Crippen molar-refractivity contribution in [2.75, 3.05) is 17.3 Å². The van der Waals surface area contributed by atoms with E-state index in [0.717, 1.165) is 16.0 Å². The number of benzene rings is 2. The lowest BCUT2D eigenvalue weighted by atomic mass is 9.82. The van der Waals surface area contributed by atoms with Gasteiger partial charge in [0.15, 0.2) is 6.04 Å². The van der Waals surface area contributed by atoms with Crippen LogP contribution >= 0.6 is 0 Å². The number of rotatable bonds is 7. The number of carbonyl (C=O) groups excluding carboxylic acids is 5. The third kappa shape index (κ3) is 8.72. The van der Waals surface area contributed by atoms with Crippen molar-refractivity contribution < 1.29 is 38.2 Å². The molecule has 1 N–H and O–H groups in total. The maximum atomic E-state index is 13.4. The molecule has 1 aromatic heterocycles. The molecule has 2 aromatic carbocycles. The van der Waals surface area contributed by atoms with Crippen molar-refractivity contribution in [3.8, 4) is 0 Å². The highest BCUT2D eigenvalue weighted by Crippen LogP contribution is 2.33. The summed E-state index contributed by atoms with van der Waals surface area (Å²) in [6, 6.07) is 18.0. The van der Waals surface area contributed by atoms with Crippen LogP contribution in [0.3, 0.4) is 0 Å². The van der Waals surface area contributed by atoms with Gasteiger partial charge in [-0.1, -0.05) is 48.5 Å². The predicted octanol–water partition coefficient (Wildman–Crippen LogP) is 6.12. The molecule has 1 aliphatic heterocycles. The van der Waals surface area contributed by atoms with Gasteiger partial charge in [-0.3, -0.25) is 4.79 Å². The number of aromatic nitrogens is 1. The molecule has 0 spiro atoms. The molecule has 3 aromatic rings. The molecule has 4 rings (SSSR count). The lowest BCUT2D eigenvalue weighted by Crippen LogP contribution is -2.67. The fourth-order valence-electron chi connectivity index (χ4n) is 4.99. The molecular weight excluding hydrogens is 604 g/mol. The first-order chi connectivity index (χ1) is 22.1. The zero-order chi connectivity index (χ0) is 34.5. The van der Waals surface area contributed by atoms with Crippen LogP contribution in [0.15, 0.2) is 72.9 Å². The Morgan fingerprint density at radius 1 is 0.851 bits per heavy atom. The number of likely N-dealkylation sites (tertiary alicyclic amines) is 1. The lowest BCUT2D eigenvalue weighted by Gasteiger charge is -2.43. The SMILES string of the molecule is COC(=O)[C@@H]1[C@@H](Cc2ccnc(N(C(=O)OC(C)(C)C)C(=O)OC(C)(C)C)c2)C(=O)N1C(=O)Nc1ccccc1Cc1ccccc1. The molecule has 1 aliphatic rings. The first-order valence-corrected chi connectivity index (χ1v) is 15.1. The highest BCUT2D eigenvalue weighted by Gasteiger charge is 2.55. The number of anilines is 2. The van der Waals surface area contributed by atoms with Crippen LogP contribution < -0.4 is 10.2 Å². The van der Waals surface area contributed by atoms with Gasteiger partial charge in [-0.2, -0.15) is 4.90 Å². The highest BCUT2D eigenvalue weighted by molar-refractivity contribution is 6.11. The largest absolute Gasteiger partial charge is 0.467 e. The number of β-lactam (4-membered cyclic amide) rings is 1. The summed E-state index contributed by atoms with van der Waals surface area (Å²) in [5.41, 5.74) is 0.989. The number of methoxy groups -OCH3 is 1. The molecule has 2 atom stereocenters. The summed E-state index contributed by atoms with van der Waals surface area (Å²) in [7, 11) is 1.18. The highest BCUT2D eigenvalue weighted by atomic mass is 16.6. The topological polar surface area (TPSA) is 144 Å². The first kappa shape index (κ1) is 34.6. The zero-order valence-electron chi connectivity index (χ0n) is 27.6. The third-order valence-electron chi connectivity index (χ3n) is 7.02. The summed E-state index contributed by atoms with van der Waals surface area (Å²) in [5.74, 6) is -2.41. The molecule has 5 amide bonds. The summed E-state index contributed by atoms with van der Waals surface area (Å²) >= 11 is 0. The van der Waals surface area contributed by atoms with E-state index in [4.69, 9.17) is 14.2 Å². The van der Waals surface area contributed by atoms with Gasteiger partial charge in [0.25, 0.3) is 0 Å². The molecule has 0 unspecified atom stereocenters. The Balaban J connectivity index is 1.56. The number of para-hydroxylation sites is 1. The normalized spacial score (nSPS) is 16.1. The smallest absolute Gasteiger partial charge is 0.425 e. The molecule has 47 heavy (non-hydrogen) atoms. The number of hydrogen-bond acceptors (Lipinski definition) is 9. The van der Waals surface area contributed by atoms with Crippen molar-refractivity contribution in [1.29, 1.82) is 0 Å². The number of esters is 1. The number of pyridine rings is 1. The number of hydrogen-bond donors (Lipinski definition) is 1. The molecule has 1 saturated heterocycles. The molecule has 12 nitrogen and oxygen atoms in total. The monoisotopic (exact) mass is 644 g/mol. The Morgan fingerprint density at radius 2 is 1.45 bits per heavy atom. The summed E-state index contributed by atoms with van der Waals surface area (Å²) in [5, 5.41) is 2.78. The summed E-state index contributed by atoms with van der Waals surface area (Å²) in [6.45, 7) is 9.92. The summed E-state index contributed by atoms with van der Waals surface area (Å²) in [4.78, 5) is 71.7. The van der Waals surface area contributed by atoms with Crippen molar-refractivity contribution in [3.05, 3.63) is 89.6 Å². The minimum Gasteiger partial charge on any atom is -0.467 e.